The summed E-state index contributed by atoms with van der Waals surface area (Å²) in [5, 5.41) is 0. The molecular weight excluding hydrogens is 918 g/mol. The van der Waals surface area contributed by atoms with E-state index < -0.39 is 26.5 Å². The van der Waals surface area contributed by atoms with Gasteiger partial charge in [0.05, 0.1) is 34.2 Å². The molecule has 0 radical (unpaired) electrons. The lowest BCUT2D eigenvalue weighted by Crippen LogP contribution is -2.37. The van der Waals surface area contributed by atoms with Gasteiger partial charge in [-0.3, -0.25) is 18.6 Å². The molecule has 9 nitrogen and oxygen atoms in total. The van der Waals surface area contributed by atoms with Crippen molar-refractivity contribution in [2.45, 2.75) is 277 Å². The normalized spacial score (nSPS) is 13.7. The summed E-state index contributed by atoms with van der Waals surface area (Å²) in [5.74, 6) is -0.938. The van der Waals surface area contributed by atoms with Crippen LogP contribution < -0.4 is 0 Å². The van der Waals surface area contributed by atoms with Gasteiger partial charge in [0.25, 0.3) is 0 Å². The highest BCUT2D eigenvalue weighted by molar-refractivity contribution is 7.47. The molecule has 0 spiro atoms. The van der Waals surface area contributed by atoms with Crippen molar-refractivity contribution in [1.82, 2.24) is 0 Å². The summed E-state index contributed by atoms with van der Waals surface area (Å²) >= 11 is 0. The third kappa shape index (κ3) is 57.0. The van der Waals surface area contributed by atoms with Gasteiger partial charge < -0.3 is 18.9 Å². The Kier molecular flexibility index (Phi) is 51.8. The van der Waals surface area contributed by atoms with E-state index in [1.54, 1.807) is 6.08 Å². The molecule has 0 aromatic rings. The molecule has 2 atom stereocenters. The number of nitrogens with zero attached hydrogens (tertiary/aromatic N) is 1. The summed E-state index contributed by atoms with van der Waals surface area (Å²) < 4.78 is 34.4. The molecule has 0 fully saturated rings. The Morgan fingerprint density at radius 3 is 1.12 bits per heavy atom. The number of allylic oxidation sites excluding steroid dienone is 9. The first kappa shape index (κ1) is 69.7. The van der Waals surface area contributed by atoms with Crippen LogP contribution in [0.25, 0.3) is 0 Å². The van der Waals surface area contributed by atoms with E-state index in [1.807, 2.05) is 33.3 Å². The maximum Gasteiger partial charge on any atom is 0.472 e. The highest BCUT2D eigenvalue weighted by Gasteiger charge is 2.27. The van der Waals surface area contributed by atoms with Crippen molar-refractivity contribution < 1.29 is 42.1 Å². The summed E-state index contributed by atoms with van der Waals surface area (Å²) in [6, 6.07) is 0. The van der Waals surface area contributed by atoms with E-state index in [0.717, 1.165) is 44.9 Å². The summed E-state index contributed by atoms with van der Waals surface area (Å²) in [6.45, 7) is 4.23. The first-order valence-electron chi connectivity index (χ1n) is 30.0. The second kappa shape index (κ2) is 53.5. The Balaban J connectivity index is 4.02. The fourth-order valence-electron chi connectivity index (χ4n) is 8.51. The van der Waals surface area contributed by atoms with Crippen molar-refractivity contribution in [1.29, 1.82) is 0 Å². The quantitative estimate of drug-likeness (QED) is 0.0211. The van der Waals surface area contributed by atoms with Crippen LogP contribution in [0, 0.1) is 0 Å². The minimum absolute atomic E-state index is 0.00840. The lowest BCUT2D eigenvalue weighted by atomic mass is 10.0. The number of phosphoric ester groups is 1. The molecule has 2 unspecified atom stereocenters. The standard InChI is InChI=1S/C62H114NO8P/c1-6-8-10-12-14-16-18-20-22-23-24-25-26-27-28-29-30-31-32-33-34-35-36-37-38-39-41-42-44-46-48-50-52-54-61(64)68-58-60(59-70-72(66,67)69-57-56-63(3,4)5)71-62(65)55-53-51-49-47-45-43-40-21-19-17-15-13-11-9-7-2/h9,11,15,17,21,40,45,47,51,53,60H,6-8,10,12-14,16,18-20,22-39,41-44,46,48-50,52,54-59H2,1-5H3/p+1/b11-9-,17-15-,40-21-,47-45-,53-51-. The first-order chi connectivity index (χ1) is 35.0. The van der Waals surface area contributed by atoms with Crippen molar-refractivity contribution in [2.24, 2.45) is 0 Å². The molecule has 1 N–H and O–H groups in total. The summed E-state index contributed by atoms with van der Waals surface area (Å²) in [7, 11) is 1.42. The third-order valence-corrected chi connectivity index (χ3v) is 14.1. The Morgan fingerprint density at radius 1 is 0.444 bits per heavy atom. The highest BCUT2D eigenvalue weighted by atomic mass is 31.2. The van der Waals surface area contributed by atoms with E-state index in [-0.39, 0.29) is 32.0 Å². The van der Waals surface area contributed by atoms with Gasteiger partial charge in [0.15, 0.2) is 6.10 Å². The highest BCUT2D eigenvalue weighted by Crippen LogP contribution is 2.43. The number of phosphoric acid groups is 1. The summed E-state index contributed by atoms with van der Waals surface area (Å²) in [5.41, 5.74) is 0. The number of quaternary nitrogens is 1. The number of unbranched alkanes of at least 4 members (excludes halogenated alkanes) is 32. The zero-order chi connectivity index (χ0) is 52.7. The van der Waals surface area contributed by atoms with Crippen LogP contribution in [0.1, 0.15) is 271 Å². The van der Waals surface area contributed by atoms with Crippen LogP contribution in [0.3, 0.4) is 0 Å². The van der Waals surface area contributed by atoms with Crippen molar-refractivity contribution in [2.75, 3.05) is 47.5 Å². The van der Waals surface area contributed by atoms with Gasteiger partial charge in [-0.05, 0) is 38.5 Å². The van der Waals surface area contributed by atoms with Crippen LogP contribution >= 0.6 is 7.82 Å². The third-order valence-electron chi connectivity index (χ3n) is 13.1. The molecule has 0 bridgehead atoms. The molecular formula is C62H115NO8P+. The van der Waals surface area contributed by atoms with E-state index in [2.05, 4.69) is 56.4 Å². The Morgan fingerprint density at radius 2 is 0.778 bits per heavy atom. The van der Waals surface area contributed by atoms with Crippen LogP contribution in [-0.2, 0) is 32.7 Å². The van der Waals surface area contributed by atoms with E-state index in [1.165, 1.54) is 193 Å². The molecule has 0 rings (SSSR count). The SMILES string of the molecule is CC/C=C\C/C=C\C/C=C\C/C=C\C/C=C\CC(=O)OC(COC(=O)CCCCCCCCCCCCCCCCCCCCCCCCCCCCCCCCCCC)COP(=O)(O)OCC[N+](C)(C)C. The van der Waals surface area contributed by atoms with Gasteiger partial charge in [-0.25, -0.2) is 4.57 Å². The number of hydrogen-bond acceptors (Lipinski definition) is 7. The van der Waals surface area contributed by atoms with Gasteiger partial charge in [-0.1, -0.05) is 280 Å². The van der Waals surface area contributed by atoms with Crippen LogP contribution in [0.15, 0.2) is 60.8 Å². The maximum absolute atomic E-state index is 12.7. The Bertz CT molecular complexity index is 1400. The number of ether oxygens (including phenoxy) is 2. The number of hydrogen-bond donors (Lipinski definition) is 1. The lowest BCUT2D eigenvalue weighted by molar-refractivity contribution is -0.870. The van der Waals surface area contributed by atoms with Gasteiger partial charge in [0.2, 0.25) is 0 Å². The molecule has 0 aliphatic rings. The summed E-state index contributed by atoms with van der Waals surface area (Å²) in [4.78, 5) is 35.5. The minimum atomic E-state index is -4.41. The average Bonchev–Trinajstić information content (AvgIpc) is 3.34. The van der Waals surface area contributed by atoms with Gasteiger partial charge >= 0.3 is 19.8 Å². The van der Waals surface area contributed by atoms with E-state index >= 15 is 0 Å². The van der Waals surface area contributed by atoms with Crippen molar-refractivity contribution in [3.8, 4) is 0 Å². The Hall–Kier alpha value is -2.29. The number of rotatable bonds is 55. The lowest BCUT2D eigenvalue weighted by Gasteiger charge is -2.24. The Labute approximate surface area is 445 Å². The molecule has 72 heavy (non-hydrogen) atoms. The smallest absolute Gasteiger partial charge is 0.462 e. The number of likely N-dealkylation sites (N-methyl/N-ethyl adjacent to an activating group) is 1. The predicted octanol–water partition coefficient (Wildman–Crippen LogP) is 18.7. The van der Waals surface area contributed by atoms with Crippen LogP contribution in [0.5, 0.6) is 0 Å². The summed E-state index contributed by atoms with van der Waals surface area (Å²) in [6.07, 6.45) is 69.4. The van der Waals surface area contributed by atoms with E-state index in [9.17, 15) is 19.0 Å². The maximum atomic E-state index is 12.7. The van der Waals surface area contributed by atoms with Gasteiger partial charge in [0.1, 0.15) is 19.8 Å². The number of carbonyl (C=O) groups excluding carboxylic acids is 2. The fraction of sp³-hybridized carbons (Fsp3) is 0.806. The molecule has 0 aliphatic carbocycles. The minimum Gasteiger partial charge on any atom is -0.462 e. The molecule has 0 saturated carbocycles. The van der Waals surface area contributed by atoms with Crippen LogP contribution in [-0.4, -0.2) is 74.9 Å². The second-order valence-electron chi connectivity index (χ2n) is 21.4. The molecule has 0 aromatic heterocycles. The van der Waals surface area contributed by atoms with Crippen molar-refractivity contribution in [3.63, 3.8) is 0 Å². The number of carbonyl (C=O) groups is 2. The molecule has 420 valence electrons. The fourth-order valence-corrected chi connectivity index (χ4v) is 9.25. The molecule has 0 aromatic carbocycles. The first-order valence-corrected chi connectivity index (χ1v) is 31.5. The zero-order valence-corrected chi connectivity index (χ0v) is 48.6. The van der Waals surface area contributed by atoms with E-state index in [4.69, 9.17) is 18.5 Å². The molecule has 0 amide bonds. The largest absolute Gasteiger partial charge is 0.472 e. The van der Waals surface area contributed by atoms with Gasteiger partial charge in [0, 0.05) is 6.42 Å². The zero-order valence-electron chi connectivity index (χ0n) is 47.7. The van der Waals surface area contributed by atoms with Crippen molar-refractivity contribution >= 4 is 19.8 Å². The molecule has 0 heterocycles. The molecule has 0 aliphatic heterocycles. The van der Waals surface area contributed by atoms with Crippen LogP contribution in [0.4, 0.5) is 0 Å². The predicted molar refractivity (Wildman–Crippen MR) is 307 cm³/mol. The van der Waals surface area contributed by atoms with Crippen molar-refractivity contribution in [3.05, 3.63) is 60.8 Å². The molecule has 0 saturated heterocycles. The monoisotopic (exact) mass is 1030 g/mol. The number of esters is 2. The van der Waals surface area contributed by atoms with E-state index in [0.29, 0.717) is 17.4 Å². The van der Waals surface area contributed by atoms with Crippen LogP contribution in [0.2, 0.25) is 0 Å². The van der Waals surface area contributed by atoms with Gasteiger partial charge in [-0.2, -0.15) is 0 Å². The second-order valence-corrected chi connectivity index (χ2v) is 22.8. The van der Waals surface area contributed by atoms with Gasteiger partial charge in [-0.15, -0.1) is 0 Å². The average molecular weight is 1030 g/mol. The molecule has 10 heteroatoms. The topological polar surface area (TPSA) is 108 Å².